The molecular formula is C15H24FN5. The van der Waals surface area contributed by atoms with Crippen molar-refractivity contribution in [2.45, 2.75) is 24.9 Å². The maximum atomic E-state index is 12.9. The van der Waals surface area contributed by atoms with Gasteiger partial charge < -0.3 is 9.80 Å². The minimum absolute atomic E-state index is 0.375. The Kier molecular flexibility index (Phi) is 4.08. The fourth-order valence-electron chi connectivity index (χ4n) is 3.85. The highest BCUT2D eigenvalue weighted by Crippen LogP contribution is 2.35. The van der Waals surface area contributed by atoms with Gasteiger partial charge in [-0.15, -0.1) is 0 Å². The number of anilines is 1. The first-order valence-corrected chi connectivity index (χ1v) is 7.63. The van der Waals surface area contributed by atoms with Crippen molar-refractivity contribution < 1.29 is 4.39 Å². The first-order chi connectivity index (χ1) is 10.0. The number of likely N-dealkylation sites (tertiary alicyclic amines) is 1. The van der Waals surface area contributed by atoms with Crippen LogP contribution >= 0.6 is 0 Å². The molecule has 3 heterocycles. The molecule has 0 saturated carbocycles. The molecule has 1 aromatic rings. The Labute approximate surface area is 125 Å². The van der Waals surface area contributed by atoms with Crippen LogP contribution in [0.5, 0.6) is 0 Å². The van der Waals surface area contributed by atoms with E-state index in [2.05, 4.69) is 45.8 Å². The van der Waals surface area contributed by atoms with E-state index in [4.69, 9.17) is 0 Å². The van der Waals surface area contributed by atoms with E-state index in [1.807, 2.05) is 0 Å². The molecule has 2 fully saturated rings. The summed E-state index contributed by atoms with van der Waals surface area (Å²) in [5.74, 6) is 0.941. The van der Waals surface area contributed by atoms with Crippen LogP contribution in [0.2, 0.25) is 0 Å². The molecule has 0 N–H and O–H groups in total. The largest absolute Gasteiger partial charge is 0.340 e. The molecule has 0 aromatic carbocycles. The zero-order valence-electron chi connectivity index (χ0n) is 13.0. The van der Waals surface area contributed by atoms with Crippen LogP contribution in [0.1, 0.15) is 12.8 Å². The Hall–Kier alpha value is -1.27. The summed E-state index contributed by atoms with van der Waals surface area (Å²) in [6.45, 7) is 3.03. The number of rotatable bonds is 3. The third-order valence-electron chi connectivity index (χ3n) is 4.83. The standard InChI is InChI=1S/C15H24FN5/c1-19(2)10-13-6-11-9-21(5-4-14(11)20(13)3)15-17-7-12(16)8-18-15/h7-8,11,13-14H,4-6,9-10H2,1-3H3/t11-,13+,14+/m1/s1. The number of hydrogen-bond acceptors (Lipinski definition) is 5. The number of halogens is 1. The Morgan fingerprint density at radius 3 is 2.71 bits per heavy atom. The van der Waals surface area contributed by atoms with Crippen molar-refractivity contribution >= 4 is 5.95 Å². The van der Waals surface area contributed by atoms with Gasteiger partial charge in [-0.3, -0.25) is 4.90 Å². The summed E-state index contributed by atoms with van der Waals surface area (Å²) in [5.41, 5.74) is 0. The van der Waals surface area contributed by atoms with Crippen molar-refractivity contribution in [2.24, 2.45) is 5.92 Å². The third-order valence-corrected chi connectivity index (χ3v) is 4.83. The van der Waals surface area contributed by atoms with Crippen LogP contribution in [0.15, 0.2) is 12.4 Å². The predicted octanol–water partition coefficient (Wildman–Crippen LogP) is 1.08. The van der Waals surface area contributed by atoms with Crippen LogP contribution in [-0.4, -0.2) is 72.6 Å². The lowest BCUT2D eigenvalue weighted by Gasteiger charge is -2.37. The number of fused-ring (bicyclic) bond motifs is 1. The maximum Gasteiger partial charge on any atom is 0.225 e. The van der Waals surface area contributed by atoms with Crippen LogP contribution in [0.25, 0.3) is 0 Å². The predicted molar refractivity (Wildman–Crippen MR) is 80.8 cm³/mol. The van der Waals surface area contributed by atoms with E-state index in [1.165, 1.54) is 18.8 Å². The Balaban J connectivity index is 1.67. The van der Waals surface area contributed by atoms with Crippen LogP contribution in [-0.2, 0) is 0 Å². The van der Waals surface area contributed by atoms with Gasteiger partial charge in [0.15, 0.2) is 5.82 Å². The van der Waals surface area contributed by atoms with Crippen molar-refractivity contribution in [2.75, 3.05) is 45.7 Å². The molecule has 1 aromatic heterocycles. The molecule has 21 heavy (non-hydrogen) atoms. The summed E-state index contributed by atoms with van der Waals surface area (Å²) >= 11 is 0. The second kappa shape index (κ2) is 5.85. The van der Waals surface area contributed by atoms with Gasteiger partial charge in [-0.2, -0.15) is 0 Å². The summed E-state index contributed by atoms with van der Waals surface area (Å²) in [6.07, 6.45) is 4.86. The highest BCUT2D eigenvalue weighted by Gasteiger charge is 2.42. The molecule has 0 amide bonds. The number of likely N-dealkylation sites (N-methyl/N-ethyl adjacent to an activating group) is 2. The van der Waals surface area contributed by atoms with E-state index in [0.717, 1.165) is 26.1 Å². The lowest BCUT2D eigenvalue weighted by molar-refractivity contribution is 0.179. The van der Waals surface area contributed by atoms with Crippen molar-refractivity contribution in [3.05, 3.63) is 18.2 Å². The molecule has 0 spiro atoms. The smallest absolute Gasteiger partial charge is 0.225 e. The zero-order chi connectivity index (χ0) is 15.0. The first kappa shape index (κ1) is 14.7. The second-order valence-electron chi connectivity index (χ2n) is 6.58. The summed E-state index contributed by atoms with van der Waals surface area (Å²) in [5, 5.41) is 0. The second-order valence-corrected chi connectivity index (χ2v) is 6.58. The van der Waals surface area contributed by atoms with E-state index in [1.54, 1.807) is 0 Å². The van der Waals surface area contributed by atoms with Gasteiger partial charge in [0.2, 0.25) is 5.95 Å². The molecule has 116 valence electrons. The number of aromatic nitrogens is 2. The van der Waals surface area contributed by atoms with Gasteiger partial charge in [-0.1, -0.05) is 0 Å². The fourth-order valence-corrected chi connectivity index (χ4v) is 3.85. The average molecular weight is 293 g/mol. The summed E-state index contributed by atoms with van der Waals surface area (Å²) in [4.78, 5) is 15.3. The van der Waals surface area contributed by atoms with Gasteiger partial charge in [0.25, 0.3) is 0 Å². The van der Waals surface area contributed by atoms with Gasteiger partial charge in [-0.05, 0) is 39.9 Å². The highest BCUT2D eigenvalue weighted by atomic mass is 19.1. The van der Waals surface area contributed by atoms with Crippen LogP contribution in [0.4, 0.5) is 10.3 Å². The molecule has 2 saturated heterocycles. The minimum Gasteiger partial charge on any atom is -0.340 e. The minimum atomic E-state index is -0.375. The molecular weight excluding hydrogens is 269 g/mol. The zero-order valence-corrected chi connectivity index (χ0v) is 13.0. The van der Waals surface area contributed by atoms with Crippen LogP contribution in [0, 0.1) is 11.7 Å². The highest BCUT2D eigenvalue weighted by molar-refractivity contribution is 5.30. The maximum absolute atomic E-state index is 12.9. The van der Waals surface area contributed by atoms with Gasteiger partial charge in [0, 0.05) is 31.7 Å². The monoisotopic (exact) mass is 293 g/mol. The van der Waals surface area contributed by atoms with Gasteiger partial charge in [0.1, 0.15) is 0 Å². The molecule has 3 atom stereocenters. The summed E-state index contributed by atoms with van der Waals surface area (Å²) < 4.78 is 12.9. The first-order valence-electron chi connectivity index (χ1n) is 7.63. The third kappa shape index (κ3) is 3.01. The van der Waals surface area contributed by atoms with Crippen molar-refractivity contribution in [1.82, 2.24) is 19.8 Å². The van der Waals surface area contributed by atoms with E-state index in [-0.39, 0.29) is 5.82 Å². The lowest BCUT2D eigenvalue weighted by Crippen LogP contribution is -2.46. The molecule has 2 aliphatic rings. The molecule has 3 rings (SSSR count). The average Bonchev–Trinajstić information content (AvgIpc) is 2.75. The molecule has 0 bridgehead atoms. The topological polar surface area (TPSA) is 35.5 Å². The molecule has 6 heteroatoms. The molecule has 0 radical (unpaired) electrons. The molecule has 2 aliphatic heterocycles. The number of hydrogen-bond donors (Lipinski definition) is 0. The SMILES string of the molecule is CN(C)C[C@@H]1C[C@@H]2CN(c3ncc(F)cn3)CC[C@@H]2N1C. The van der Waals surface area contributed by atoms with Crippen LogP contribution < -0.4 is 4.90 Å². The molecule has 0 aliphatic carbocycles. The van der Waals surface area contributed by atoms with Gasteiger partial charge in [0.05, 0.1) is 12.4 Å². The van der Waals surface area contributed by atoms with Gasteiger partial charge in [-0.25, -0.2) is 14.4 Å². The van der Waals surface area contributed by atoms with Crippen molar-refractivity contribution in [3.63, 3.8) is 0 Å². The summed E-state index contributed by atoms with van der Waals surface area (Å²) in [7, 11) is 6.52. The Bertz CT molecular complexity index is 477. The Morgan fingerprint density at radius 2 is 2.05 bits per heavy atom. The van der Waals surface area contributed by atoms with E-state index in [9.17, 15) is 4.39 Å². The molecule has 5 nitrogen and oxygen atoms in total. The van der Waals surface area contributed by atoms with Crippen molar-refractivity contribution in [3.8, 4) is 0 Å². The summed E-state index contributed by atoms with van der Waals surface area (Å²) in [6, 6.07) is 1.29. The van der Waals surface area contributed by atoms with Crippen molar-refractivity contribution in [1.29, 1.82) is 0 Å². The quantitative estimate of drug-likeness (QED) is 0.833. The van der Waals surface area contributed by atoms with E-state index in [0.29, 0.717) is 23.9 Å². The fraction of sp³-hybridized carbons (Fsp3) is 0.733. The normalized spacial score (nSPS) is 30.0. The molecule has 0 unspecified atom stereocenters. The Morgan fingerprint density at radius 1 is 1.33 bits per heavy atom. The number of piperidine rings is 1. The van der Waals surface area contributed by atoms with Crippen LogP contribution in [0.3, 0.4) is 0 Å². The lowest BCUT2D eigenvalue weighted by atomic mass is 9.92. The van der Waals surface area contributed by atoms with E-state index >= 15 is 0 Å². The van der Waals surface area contributed by atoms with Gasteiger partial charge >= 0.3 is 0 Å². The van der Waals surface area contributed by atoms with E-state index < -0.39 is 0 Å². The number of nitrogens with zero attached hydrogens (tertiary/aromatic N) is 5.